The molecule has 0 aliphatic carbocycles. The Kier molecular flexibility index (Phi) is 5.54. The van der Waals surface area contributed by atoms with Gasteiger partial charge in [-0.05, 0) is 30.3 Å². The minimum atomic E-state index is -1.06. The number of rotatable bonds is 5. The average molecular weight is 383 g/mol. The lowest BCUT2D eigenvalue weighted by molar-refractivity contribution is -0.114. The van der Waals surface area contributed by atoms with Gasteiger partial charge in [-0.1, -0.05) is 6.07 Å². The van der Waals surface area contributed by atoms with Crippen molar-refractivity contribution in [2.45, 2.75) is 6.92 Å². The Hall–Kier alpha value is -3.88. The van der Waals surface area contributed by atoms with Gasteiger partial charge in [0.1, 0.15) is 0 Å². The molecule has 142 valence electrons. The van der Waals surface area contributed by atoms with Gasteiger partial charge in [-0.15, -0.1) is 0 Å². The minimum Gasteiger partial charge on any atom is -0.326 e. The number of aromatic nitrogens is 2. The van der Waals surface area contributed by atoms with Crippen molar-refractivity contribution in [3.8, 4) is 0 Å². The predicted octanol–water partition coefficient (Wildman–Crippen LogP) is 3.71. The summed E-state index contributed by atoms with van der Waals surface area (Å²) in [6.45, 7) is 1.41. The first-order valence-corrected chi connectivity index (χ1v) is 8.14. The third-order valence-corrected chi connectivity index (χ3v) is 3.53. The molecule has 0 atom stereocenters. The maximum atomic E-state index is 13.2. The lowest BCUT2D eigenvalue weighted by Crippen LogP contribution is -2.13. The molecule has 0 aliphatic heterocycles. The van der Waals surface area contributed by atoms with Crippen LogP contribution >= 0.6 is 0 Å². The van der Waals surface area contributed by atoms with E-state index in [1.165, 1.54) is 25.4 Å². The molecule has 3 N–H and O–H groups in total. The van der Waals surface area contributed by atoms with E-state index in [0.717, 1.165) is 12.1 Å². The Labute approximate surface area is 158 Å². The summed E-state index contributed by atoms with van der Waals surface area (Å²) in [5.74, 6) is -2.58. The number of carbonyl (C=O) groups excluding carboxylic acids is 2. The Morgan fingerprint density at radius 3 is 2.21 bits per heavy atom. The smallest absolute Gasteiger partial charge is 0.258 e. The number of hydrogen-bond acceptors (Lipinski definition) is 5. The quantitative estimate of drug-likeness (QED) is 0.624. The summed E-state index contributed by atoms with van der Waals surface area (Å²) in [7, 11) is 0. The van der Waals surface area contributed by atoms with E-state index in [0.29, 0.717) is 11.4 Å². The normalized spacial score (nSPS) is 10.2. The number of nitrogens with one attached hydrogen (secondary N) is 3. The minimum absolute atomic E-state index is 0.112. The van der Waals surface area contributed by atoms with Crippen LogP contribution < -0.4 is 16.0 Å². The lowest BCUT2D eigenvalue weighted by Gasteiger charge is -2.08. The summed E-state index contributed by atoms with van der Waals surface area (Å²) in [4.78, 5) is 31.4. The van der Waals surface area contributed by atoms with Gasteiger partial charge in [0.15, 0.2) is 11.6 Å². The van der Waals surface area contributed by atoms with E-state index in [9.17, 15) is 18.4 Å². The fourth-order valence-electron chi connectivity index (χ4n) is 2.29. The SMILES string of the molecule is CC(=O)Nc1cccc(Nc2ncc(C(=O)Nc3ccc(F)c(F)c3)cn2)c1. The van der Waals surface area contributed by atoms with Crippen molar-refractivity contribution in [1.29, 1.82) is 0 Å². The van der Waals surface area contributed by atoms with Crippen molar-refractivity contribution in [2.75, 3.05) is 16.0 Å². The van der Waals surface area contributed by atoms with E-state index in [4.69, 9.17) is 0 Å². The van der Waals surface area contributed by atoms with Gasteiger partial charge < -0.3 is 16.0 Å². The zero-order valence-electron chi connectivity index (χ0n) is 14.7. The Morgan fingerprint density at radius 2 is 1.54 bits per heavy atom. The van der Waals surface area contributed by atoms with Gasteiger partial charge in [-0.25, -0.2) is 18.7 Å². The Balaban J connectivity index is 1.66. The van der Waals surface area contributed by atoms with Crippen LogP contribution in [0.2, 0.25) is 0 Å². The molecule has 0 saturated heterocycles. The third-order valence-electron chi connectivity index (χ3n) is 3.53. The van der Waals surface area contributed by atoms with Crippen LogP contribution in [-0.4, -0.2) is 21.8 Å². The van der Waals surface area contributed by atoms with Crippen molar-refractivity contribution >= 4 is 34.8 Å². The predicted molar refractivity (Wildman–Crippen MR) is 100 cm³/mol. The fraction of sp³-hybridized carbons (Fsp3) is 0.0526. The van der Waals surface area contributed by atoms with Crippen molar-refractivity contribution in [1.82, 2.24) is 9.97 Å². The molecule has 7 nitrogen and oxygen atoms in total. The second kappa shape index (κ2) is 8.21. The summed E-state index contributed by atoms with van der Waals surface area (Å²) >= 11 is 0. The molecule has 1 aromatic heterocycles. The van der Waals surface area contributed by atoms with E-state index in [-0.39, 0.29) is 23.1 Å². The molecule has 2 amide bonds. The number of anilines is 4. The maximum absolute atomic E-state index is 13.2. The van der Waals surface area contributed by atoms with Gasteiger partial charge in [-0.3, -0.25) is 9.59 Å². The molecule has 0 unspecified atom stereocenters. The highest BCUT2D eigenvalue weighted by molar-refractivity contribution is 6.03. The summed E-state index contributed by atoms with van der Waals surface area (Å²) < 4.78 is 26.1. The molecule has 1 heterocycles. The molecule has 3 aromatic rings. The number of benzene rings is 2. The number of hydrogen-bond donors (Lipinski definition) is 3. The van der Waals surface area contributed by atoms with Gasteiger partial charge in [-0.2, -0.15) is 0 Å². The first kappa shape index (κ1) is 18.9. The molecule has 3 rings (SSSR count). The van der Waals surface area contributed by atoms with Crippen molar-refractivity contribution in [3.63, 3.8) is 0 Å². The highest BCUT2D eigenvalue weighted by atomic mass is 19.2. The monoisotopic (exact) mass is 383 g/mol. The van der Waals surface area contributed by atoms with Crippen LogP contribution in [0, 0.1) is 11.6 Å². The van der Waals surface area contributed by atoms with Crippen LogP contribution in [0.5, 0.6) is 0 Å². The molecular weight excluding hydrogens is 368 g/mol. The zero-order valence-corrected chi connectivity index (χ0v) is 14.7. The first-order valence-electron chi connectivity index (χ1n) is 8.14. The summed E-state index contributed by atoms with van der Waals surface area (Å²) in [6.07, 6.45) is 2.59. The molecule has 0 saturated carbocycles. The van der Waals surface area contributed by atoms with Gasteiger partial charge in [0.25, 0.3) is 5.91 Å². The largest absolute Gasteiger partial charge is 0.326 e. The Morgan fingerprint density at radius 1 is 0.857 bits per heavy atom. The summed E-state index contributed by atoms with van der Waals surface area (Å²) in [5, 5.41) is 8.05. The van der Waals surface area contributed by atoms with Crippen LogP contribution in [-0.2, 0) is 4.79 Å². The van der Waals surface area contributed by atoms with Gasteiger partial charge in [0.2, 0.25) is 11.9 Å². The van der Waals surface area contributed by atoms with Crippen LogP contribution in [0.15, 0.2) is 54.9 Å². The topological polar surface area (TPSA) is 96.0 Å². The first-order chi connectivity index (χ1) is 13.4. The van der Waals surface area contributed by atoms with Crippen LogP contribution in [0.1, 0.15) is 17.3 Å². The van der Waals surface area contributed by atoms with Gasteiger partial charge in [0, 0.05) is 42.4 Å². The zero-order chi connectivity index (χ0) is 20.1. The Bertz CT molecular complexity index is 1030. The van der Waals surface area contributed by atoms with Crippen molar-refractivity contribution < 1.29 is 18.4 Å². The van der Waals surface area contributed by atoms with Gasteiger partial charge in [0.05, 0.1) is 5.56 Å². The molecule has 0 bridgehead atoms. The summed E-state index contributed by atoms with van der Waals surface area (Å²) in [5.41, 5.74) is 1.51. The molecular formula is C19H15F2N5O2. The fourth-order valence-corrected chi connectivity index (χ4v) is 2.29. The number of carbonyl (C=O) groups is 2. The standard InChI is InChI=1S/C19H15F2N5O2/c1-11(27)24-13-3-2-4-14(7-13)26-19-22-9-12(10-23-19)18(28)25-15-5-6-16(20)17(21)8-15/h2-10H,1H3,(H,24,27)(H,25,28)(H,22,23,26). The van der Waals surface area contributed by atoms with E-state index in [1.807, 2.05) is 0 Å². The highest BCUT2D eigenvalue weighted by Crippen LogP contribution is 2.18. The van der Waals surface area contributed by atoms with E-state index < -0.39 is 17.5 Å². The van der Waals surface area contributed by atoms with Gasteiger partial charge >= 0.3 is 0 Å². The second-order valence-corrected chi connectivity index (χ2v) is 5.77. The molecule has 0 fully saturated rings. The van der Waals surface area contributed by atoms with E-state index in [1.54, 1.807) is 24.3 Å². The molecule has 9 heteroatoms. The molecule has 0 aliphatic rings. The molecule has 0 spiro atoms. The van der Waals surface area contributed by atoms with Crippen LogP contribution in [0.25, 0.3) is 0 Å². The number of amides is 2. The molecule has 28 heavy (non-hydrogen) atoms. The van der Waals surface area contributed by atoms with E-state index >= 15 is 0 Å². The van der Waals surface area contributed by atoms with Crippen molar-refractivity contribution in [3.05, 3.63) is 72.1 Å². The van der Waals surface area contributed by atoms with Crippen molar-refractivity contribution in [2.24, 2.45) is 0 Å². The maximum Gasteiger partial charge on any atom is 0.258 e. The summed E-state index contributed by atoms with van der Waals surface area (Å²) in [6, 6.07) is 9.99. The van der Waals surface area contributed by atoms with Crippen LogP contribution in [0.3, 0.4) is 0 Å². The van der Waals surface area contributed by atoms with Crippen LogP contribution in [0.4, 0.5) is 31.8 Å². The average Bonchev–Trinajstić information content (AvgIpc) is 2.65. The lowest BCUT2D eigenvalue weighted by atomic mass is 10.2. The molecule has 2 aromatic carbocycles. The third kappa shape index (κ3) is 4.85. The number of nitrogens with zero attached hydrogens (tertiary/aromatic N) is 2. The van der Waals surface area contributed by atoms with E-state index in [2.05, 4.69) is 25.9 Å². The highest BCUT2D eigenvalue weighted by Gasteiger charge is 2.10. The second-order valence-electron chi connectivity index (χ2n) is 5.77. The number of halogens is 2. The molecule has 0 radical (unpaired) electrons.